The summed E-state index contributed by atoms with van der Waals surface area (Å²) in [4.78, 5) is 17.2. The van der Waals surface area contributed by atoms with Crippen LogP contribution in [0, 0.1) is 13.8 Å². The van der Waals surface area contributed by atoms with Gasteiger partial charge in [0.2, 0.25) is 0 Å². The fourth-order valence-corrected chi connectivity index (χ4v) is 3.94. The van der Waals surface area contributed by atoms with E-state index in [9.17, 15) is 4.79 Å². The van der Waals surface area contributed by atoms with Crippen LogP contribution >= 0.6 is 24.0 Å². The number of aryl methyl sites for hydroxylation is 2. The summed E-state index contributed by atoms with van der Waals surface area (Å²) in [7, 11) is 4.01. The van der Waals surface area contributed by atoms with Gasteiger partial charge in [0.25, 0.3) is 5.91 Å². The van der Waals surface area contributed by atoms with Crippen molar-refractivity contribution in [2.45, 2.75) is 13.8 Å². The largest absolute Gasteiger partial charge is 0.378 e. The Bertz CT molecular complexity index is 870. The van der Waals surface area contributed by atoms with E-state index in [1.807, 2.05) is 81.4 Å². The van der Waals surface area contributed by atoms with Gasteiger partial charge in [0.1, 0.15) is 0 Å². The highest BCUT2D eigenvalue weighted by molar-refractivity contribution is 8.27. The van der Waals surface area contributed by atoms with Crippen LogP contribution in [0.15, 0.2) is 47.4 Å². The van der Waals surface area contributed by atoms with Crippen LogP contribution in [0.25, 0.3) is 6.08 Å². The molecule has 0 atom stereocenters. The quantitative estimate of drug-likeness (QED) is 0.575. The number of benzene rings is 2. The molecule has 128 valence electrons. The number of hydrogen-bond donors (Lipinski definition) is 0. The van der Waals surface area contributed by atoms with Crippen molar-refractivity contribution in [1.82, 2.24) is 0 Å². The molecule has 1 fully saturated rings. The highest BCUT2D eigenvalue weighted by Gasteiger charge is 2.34. The number of thiocarbonyl (C=S) groups is 1. The molecule has 2 aromatic carbocycles. The van der Waals surface area contributed by atoms with Crippen LogP contribution in [0.1, 0.15) is 16.7 Å². The first-order valence-electron chi connectivity index (χ1n) is 7.99. The van der Waals surface area contributed by atoms with Gasteiger partial charge in [-0.3, -0.25) is 9.69 Å². The molecule has 0 spiro atoms. The predicted molar refractivity (Wildman–Crippen MR) is 112 cm³/mol. The summed E-state index contributed by atoms with van der Waals surface area (Å²) in [6.45, 7) is 4.01. The average molecular weight is 369 g/mol. The van der Waals surface area contributed by atoms with Gasteiger partial charge < -0.3 is 4.90 Å². The number of nitrogens with zero attached hydrogens (tertiary/aromatic N) is 2. The second-order valence-corrected chi connectivity index (χ2v) is 7.97. The Kier molecular flexibility index (Phi) is 4.97. The zero-order valence-electron chi connectivity index (χ0n) is 14.7. The van der Waals surface area contributed by atoms with Crippen LogP contribution in [0.4, 0.5) is 11.4 Å². The van der Waals surface area contributed by atoms with Crippen LogP contribution in [0.2, 0.25) is 0 Å². The first kappa shape index (κ1) is 17.7. The molecular formula is C20H20N2OS2. The molecule has 5 heteroatoms. The predicted octanol–water partition coefficient (Wildman–Crippen LogP) is 4.78. The summed E-state index contributed by atoms with van der Waals surface area (Å²) in [5.41, 5.74) is 5.14. The van der Waals surface area contributed by atoms with Crippen LogP contribution in [0.5, 0.6) is 0 Å². The lowest BCUT2D eigenvalue weighted by molar-refractivity contribution is -0.113. The Morgan fingerprint density at radius 3 is 2.40 bits per heavy atom. The minimum atomic E-state index is -0.0552. The van der Waals surface area contributed by atoms with Crippen molar-refractivity contribution in [3.8, 4) is 0 Å². The molecule has 3 rings (SSSR count). The Labute approximate surface area is 158 Å². The standard InChI is InChI=1S/C20H20N2OS2/c1-13-5-6-14(2)17(11-13)22-19(23)18(25-20(22)24)12-15-7-9-16(10-8-15)21(3)4/h5-12H,1-4H3. The van der Waals surface area contributed by atoms with Crippen molar-refractivity contribution in [3.05, 3.63) is 64.1 Å². The number of carbonyl (C=O) groups excluding carboxylic acids is 1. The zero-order chi connectivity index (χ0) is 18.1. The maximum absolute atomic E-state index is 12.9. The zero-order valence-corrected chi connectivity index (χ0v) is 16.4. The van der Waals surface area contributed by atoms with Crippen LogP contribution in [-0.2, 0) is 4.79 Å². The van der Waals surface area contributed by atoms with Crippen molar-refractivity contribution in [3.63, 3.8) is 0 Å². The fourth-order valence-electron chi connectivity index (χ4n) is 2.66. The molecule has 0 aliphatic carbocycles. The summed E-state index contributed by atoms with van der Waals surface area (Å²) in [5, 5.41) is 0. The molecule has 1 amide bonds. The van der Waals surface area contributed by atoms with Crippen molar-refractivity contribution >= 4 is 51.7 Å². The molecule has 0 aromatic heterocycles. The molecule has 25 heavy (non-hydrogen) atoms. The normalized spacial score (nSPS) is 16.0. The molecule has 3 nitrogen and oxygen atoms in total. The summed E-state index contributed by atoms with van der Waals surface area (Å²) in [6, 6.07) is 14.2. The van der Waals surface area contributed by atoms with Gasteiger partial charge in [-0.1, -0.05) is 48.2 Å². The van der Waals surface area contributed by atoms with Gasteiger partial charge in [0.15, 0.2) is 4.32 Å². The third kappa shape index (κ3) is 3.62. The minimum Gasteiger partial charge on any atom is -0.378 e. The molecule has 1 aliphatic rings. The lowest BCUT2D eigenvalue weighted by atomic mass is 10.1. The van der Waals surface area contributed by atoms with Gasteiger partial charge in [-0.25, -0.2) is 0 Å². The SMILES string of the molecule is Cc1ccc(C)c(N2C(=O)C(=Cc3ccc(N(C)C)cc3)SC2=S)c1. The van der Waals surface area contributed by atoms with E-state index in [0.717, 1.165) is 28.1 Å². The lowest BCUT2D eigenvalue weighted by Gasteiger charge is -2.17. The molecule has 0 bridgehead atoms. The van der Waals surface area contributed by atoms with Crippen molar-refractivity contribution < 1.29 is 4.79 Å². The summed E-state index contributed by atoms with van der Waals surface area (Å²) in [5.74, 6) is -0.0552. The van der Waals surface area contributed by atoms with Crippen molar-refractivity contribution in [2.24, 2.45) is 0 Å². The van der Waals surface area contributed by atoms with Crippen LogP contribution < -0.4 is 9.80 Å². The van der Waals surface area contributed by atoms with Crippen molar-refractivity contribution in [2.75, 3.05) is 23.9 Å². The Hall–Kier alpha value is -2.11. The van der Waals surface area contributed by atoms with E-state index >= 15 is 0 Å². The number of carbonyl (C=O) groups is 1. The Balaban J connectivity index is 1.91. The molecule has 0 saturated carbocycles. The molecule has 0 radical (unpaired) electrons. The van der Waals surface area contributed by atoms with Crippen LogP contribution in [-0.4, -0.2) is 24.3 Å². The average Bonchev–Trinajstić information content (AvgIpc) is 2.84. The first-order chi connectivity index (χ1) is 11.9. The fraction of sp³-hybridized carbons (Fsp3) is 0.200. The molecule has 1 aliphatic heterocycles. The Morgan fingerprint density at radius 1 is 1.08 bits per heavy atom. The van der Waals surface area contributed by atoms with E-state index < -0.39 is 0 Å². The lowest BCUT2D eigenvalue weighted by Crippen LogP contribution is -2.28. The van der Waals surface area contributed by atoms with Gasteiger partial charge in [0.05, 0.1) is 10.6 Å². The molecular weight excluding hydrogens is 348 g/mol. The van der Waals surface area contributed by atoms with Gasteiger partial charge >= 0.3 is 0 Å². The molecule has 1 saturated heterocycles. The van der Waals surface area contributed by atoms with Gasteiger partial charge in [0, 0.05) is 19.8 Å². The smallest absolute Gasteiger partial charge is 0.270 e. The number of rotatable bonds is 3. The van der Waals surface area contributed by atoms with E-state index in [-0.39, 0.29) is 5.91 Å². The van der Waals surface area contributed by atoms with E-state index in [2.05, 4.69) is 0 Å². The number of thioether (sulfide) groups is 1. The maximum atomic E-state index is 12.9. The number of amides is 1. The maximum Gasteiger partial charge on any atom is 0.270 e. The molecule has 0 unspecified atom stereocenters. The van der Waals surface area contributed by atoms with E-state index in [1.54, 1.807) is 4.90 Å². The number of anilines is 2. The second kappa shape index (κ2) is 7.02. The van der Waals surface area contributed by atoms with E-state index in [1.165, 1.54) is 11.8 Å². The summed E-state index contributed by atoms with van der Waals surface area (Å²) < 4.78 is 0.579. The number of hydrogen-bond acceptors (Lipinski definition) is 4. The molecule has 0 N–H and O–H groups in total. The third-order valence-electron chi connectivity index (χ3n) is 4.11. The Morgan fingerprint density at radius 2 is 1.76 bits per heavy atom. The van der Waals surface area contributed by atoms with Gasteiger partial charge in [-0.15, -0.1) is 0 Å². The topological polar surface area (TPSA) is 23.6 Å². The highest BCUT2D eigenvalue weighted by Crippen LogP contribution is 2.37. The van der Waals surface area contributed by atoms with E-state index in [0.29, 0.717) is 9.23 Å². The summed E-state index contributed by atoms with van der Waals surface area (Å²) in [6.07, 6.45) is 1.91. The molecule has 2 aromatic rings. The molecule has 1 heterocycles. The minimum absolute atomic E-state index is 0.0552. The van der Waals surface area contributed by atoms with E-state index in [4.69, 9.17) is 12.2 Å². The highest BCUT2D eigenvalue weighted by atomic mass is 32.2. The monoisotopic (exact) mass is 368 g/mol. The van der Waals surface area contributed by atoms with Crippen LogP contribution in [0.3, 0.4) is 0 Å². The third-order valence-corrected chi connectivity index (χ3v) is 5.41. The first-order valence-corrected chi connectivity index (χ1v) is 9.22. The van der Waals surface area contributed by atoms with Gasteiger partial charge in [-0.2, -0.15) is 0 Å². The van der Waals surface area contributed by atoms with Crippen molar-refractivity contribution in [1.29, 1.82) is 0 Å². The van der Waals surface area contributed by atoms with Gasteiger partial charge in [-0.05, 0) is 54.8 Å². The second-order valence-electron chi connectivity index (χ2n) is 6.29. The summed E-state index contributed by atoms with van der Waals surface area (Å²) >= 11 is 6.83.